The predicted molar refractivity (Wildman–Crippen MR) is 63.9 cm³/mol. The van der Waals surface area contributed by atoms with Crippen LogP contribution >= 0.6 is 0 Å². The van der Waals surface area contributed by atoms with Crippen LogP contribution in [0.4, 0.5) is 11.4 Å². The molecule has 0 atom stereocenters. The normalized spacial score (nSPS) is 10.5. The van der Waals surface area contributed by atoms with Crippen molar-refractivity contribution in [3.05, 3.63) is 23.8 Å². The molecule has 3 N–H and O–H groups in total. The fourth-order valence-corrected chi connectivity index (χ4v) is 1.23. The first kappa shape index (κ1) is 12.5. The zero-order valence-corrected chi connectivity index (χ0v) is 9.78. The Morgan fingerprint density at radius 3 is 2.88 bits per heavy atom. The molecule has 5 nitrogen and oxygen atoms in total. The molecule has 1 amide bonds. The van der Waals surface area contributed by atoms with Crippen LogP contribution < -0.4 is 11.1 Å². The van der Waals surface area contributed by atoms with Gasteiger partial charge in [0.05, 0.1) is 7.11 Å². The van der Waals surface area contributed by atoms with Crippen molar-refractivity contribution in [3.63, 3.8) is 0 Å². The third kappa shape index (κ3) is 3.52. The second-order valence-electron chi connectivity index (χ2n) is 3.59. The third-order valence-corrected chi connectivity index (χ3v) is 2.21. The van der Waals surface area contributed by atoms with E-state index in [-0.39, 0.29) is 12.5 Å². The van der Waals surface area contributed by atoms with Crippen LogP contribution in [0.2, 0.25) is 0 Å². The molecule has 0 aromatic heterocycles. The van der Waals surface area contributed by atoms with Gasteiger partial charge < -0.3 is 15.9 Å². The van der Waals surface area contributed by atoms with Crippen molar-refractivity contribution in [2.45, 2.75) is 6.92 Å². The Kier molecular flexibility index (Phi) is 4.28. The molecule has 0 saturated carbocycles. The lowest BCUT2D eigenvalue weighted by Crippen LogP contribution is -2.29. The smallest absolute Gasteiger partial charge is 0.240 e. The molecule has 1 aromatic rings. The van der Waals surface area contributed by atoms with Crippen molar-refractivity contribution in [1.82, 2.24) is 5.06 Å². The molecule has 0 aliphatic heterocycles. The Hall–Kier alpha value is -1.59. The highest BCUT2D eigenvalue weighted by atomic mass is 16.7. The first-order valence-electron chi connectivity index (χ1n) is 4.94. The minimum Gasteiger partial charge on any atom is -0.399 e. The number of nitrogens with two attached hydrogens (primary N) is 1. The number of nitrogens with zero attached hydrogens (tertiary/aromatic N) is 1. The number of hydrogen-bond donors (Lipinski definition) is 2. The molecule has 0 saturated heterocycles. The van der Waals surface area contributed by atoms with Crippen LogP contribution in [0.25, 0.3) is 0 Å². The van der Waals surface area contributed by atoms with E-state index in [1.807, 2.05) is 13.0 Å². The van der Waals surface area contributed by atoms with E-state index in [9.17, 15) is 4.79 Å². The molecule has 0 spiro atoms. The average molecular weight is 223 g/mol. The van der Waals surface area contributed by atoms with Gasteiger partial charge >= 0.3 is 0 Å². The summed E-state index contributed by atoms with van der Waals surface area (Å²) in [5.74, 6) is -0.141. The SMILES string of the molecule is CON(C)CC(=O)Nc1cc(N)ccc1C. The van der Waals surface area contributed by atoms with Crippen molar-refractivity contribution in [2.75, 3.05) is 31.8 Å². The van der Waals surface area contributed by atoms with E-state index >= 15 is 0 Å². The molecule has 0 aliphatic carbocycles. The number of rotatable bonds is 4. The summed E-state index contributed by atoms with van der Waals surface area (Å²) in [5.41, 5.74) is 7.98. The monoisotopic (exact) mass is 223 g/mol. The number of nitrogens with one attached hydrogen (secondary N) is 1. The molecule has 16 heavy (non-hydrogen) atoms. The largest absolute Gasteiger partial charge is 0.399 e. The van der Waals surface area contributed by atoms with Crippen LogP contribution in [-0.2, 0) is 9.63 Å². The maximum atomic E-state index is 11.6. The Morgan fingerprint density at radius 2 is 2.25 bits per heavy atom. The van der Waals surface area contributed by atoms with Crippen LogP contribution in [0.5, 0.6) is 0 Å². The highest BCUT2D eigenvalue weighted by Gasteiger charge is 2.07. The van der Waals surface area contributed by atoms with Gasteiger partial charge in [0.1, 0.15) is 6.54 Å². The molecular formula is C11H17N3O2. The van der Waals surface area contributed by atoms with Crippen molar-refractivity contribution < 1.29 is 9.63 Å². The second kappa shape index (κ2) is 5.48. The fourth-order valence-electron chi connectivity index (χ4n) is 1.23. The summed E-state index contributed by atoms with van der Waals surface area (Å²) in [6.45, 7) is 2.08. The molecule has 0 fully saturated rings. The lowest BCUT2D eigenvalue weighted by molar-refractivity contribution is -0.137. The van der Waals surface area contributed by atoms with E-state index in [4.69, 9.17) is 10.6 Å². The Labute approximate surface area is 95.1 Å². The summed E-state index contributed by atoms with van der Waals surface area (Å²) < 4.78 is 0. The van der Waals surface area contributed by atoms with Crippen molar-refractivity contribution in [3.8, 4) is 0 Å². The Morgan fingerprint density at radius 1 is 1.56 bits per heavy atom. The summed E-state index contributed by atoms with van der Waals surface area (Å²) >= 11 is 0. The van der Waals surface area contributed by atoms with E-state index in [0.29, 0.717) is 5.69 Å². The summed E-state index contributed by atoms with van der Waals surface area (Å²) in [5, 5.41) is 4.22. The molecule has 5 heteroatoms. The molecule has 1 aromatic carbocycles. The zero-order chi connectivity index (χ0) is 12.1. The van der Waals surface area contributed by atoms with Crippen molar-refractivity contribution >= 4 is 17.3 Å². The van der Waals surface area contributed by atoms with Crippen LogP contribution in [0.1, 0.15) is 5.56 Å². The predicted octanol–water partition coefficient (Wildman–Crippen LogP) is 1.01. The lowest BCUT2D eigenvalue weighted by atomic mass is 10.2. The average Bonchev–Trinajstić information content (AvgIpc) is 2.23. The zero-order valence-electron chi connectivity index (χ0n) is 9.78. The maximum Gasteiger partial charge on any atom is 0.240 e. The Balaban J connectivity index is 2.65. The first-order chi connectivity index (χ1) is 7.52. The number of aryl methyl sites for hydroxylation is 1. The number of likely N-dealkylation sites (N-methyl/N-ethyl adjacent to an activating group) is 1. The summed E-state index contributed by atoms with van der Waals surface area (Å²) in [4.78, 5) is 16.4. The van der Waals surface area contributed by atoms with Gasteiger partial charge in [-0.1, -0.05) is 6.07 Å². The van der Waals surface area contributed by atoms with Crippen LogP contribution in [0, 0.1) is 6.92 Å². The third-order valence-electron chi connectivity index (χ3n) is 2.21. The molecule has 0 aliphatic rings. The molecule has 0 unspecified atom stereocenters. The van der Waals surface area contributed by atoms with E-state index in [1.165, 1.54) is 12.2 Å². The second-order valence-corrected chi connectivity index (χ2v) is 3.59. The maximum absolute atomic E-state index is 11.6. The van der Waals surface area contributed by atoms with Crippen LogP contribution in [0.15, 0.2) is 18.2 Å². The number of anilines is 2. The van der Waals surface area contributed by atoms with E-state index in [2.05, 4.69) is 5.32 Å². The Bertz CT molecular complexity index is 379. The van der Waals surface area contributed by atoms with Gasteiger partial charge in [-0.25, -0.2) is 0 Å². The van der Waals surface area contributed by atoms with Crippen molar-refractivity contribution in [2.24, 2.45) is 0 Å². The number of carbonyl (C=O) groups is 1. The fraction of sp³-hybridized carbons (Fsp3) is 0.364. The molecule has 0 radical (unpaired) electrons. The lowest BCUT2D eigenvalue weighted by Gasteiger charge is -2.14. The van der Waals surface area contributed by atoms with Crippen LogP contribution in [0.3, 0.4) is 0 Å². The van der Waals surface area contributed by atoms with E-state index in [0.717, 1.165) is 11.3 Å². The van der Waals surface area contributed by atoms with Gasteiger partial charge in [-0.15, -0.1) is 0 Å². The highest BCUT2D eigenvalue weighted by Crippen LogP contribution is 2.17. The summed E-state index contributed by atoms with van der Waals surface area (Å²) in [6, 6.07) is 5.40. The number of carbonyl (C=O) groups excluding carboxylic acids is 1. The van der Waals surface area contributed by atoms with E-state index in [1.54, 1.807) is 19.2 Å². The minimum absolute atomic E-state index is 0.141. The summed E-state index contributed by atoms with van der Waals surface area (Å²) in [6.07, 6.45) is 0. The number of hydrogen-bond acceptors (Lipinski definition) is 4. The molecule has 0 bridgehead atoms. The minimum atomic E-state index is -0.141. The topological polar surface area (TPSA) is 67.6 Å². The number of amides is 1. The molecule has 1 rings (SSSR count). The van der Waals surface area contributed by atoms with Gasteiger partial charge in [0.2, 0.25) is 5.91 Å². The van der Waals surface area contributed by atoms with Gasteiger partial charge in [-0.2, -0.15) is 5.06 Å². The van der Waals surface area contributed by atoms with Gasteiger partial charge in [-0.3, -0.25) is 4.79 Å². The van der Waals surface area contributed by atoms with Gasteiger partial charge in [0, 0.05) is 18.4 Å². The molecule has 88 valence electrons. The van der Waals surface area contributed by atoms with Crippen LogP contribution in [-0.4, -0.2) is 31.7 Å². The first-order valence-corrected chi connectivity index (χ1v) is 4.94. The van der Waals surface area contributed by atoms with Gasteiger partial charge in [0.15, 0.2) is 0 Å². The van der Waals surface area contributed by atoms with Crippen molar-refractivity contribution in [1.29, 1.82) is 0 Å². The quantitative estimate of drug-likeness (QED) is 0.590. The molecular weight excluding hydrogens is 206 g/mol. The number of hydroxylamine groups is 2. The molecule has 0 heterocycles. The number of nitrogen functional groups attached to an aromatic ring is 1. The van der Waals surface area contributed by atoms with E-state index < -0.39 is 0 Å². The van der Waals surface area contributed by atoms with Gasteiger partial charge in [-0.05, 0) is 24.6 Å². The number of benzene rings is 1. The standard InChI is InChI=1S/C11H17N3O2/c1-8-4-5-9(12)6-10(8)13-11(15)7-14(2)16-3/h4-6H,7,12H2,1-3H3,(H,13,15). The highest BCUT2D eigenvalue weighted by molar-refractivity contribution is 5.93. The summed E-state index contributed by atoms with van der Waals surface area (Å²) in [7, 11) is 3.20. The van der Waals surface area contributed by atoms with Gasteiger partial charge in [0.25, 0.3) is 0 Å².